The molecule has 3 aromatic rings. The lowest BCUT2D eigenvalue weighted by atomic mass is 10.1. The first-order valence-electron chi connectivity index (χ1n) is 8.59. The van der Waals surface area contributed by atoms with Gasteiger partial charge in [0, 0.05) is 19.2 Å². The molecule has 3 rings (SSSR count). The number of aromatic nitrogens is 1. The number of hydrogen-bond donors (Lipinski definition) is 0. The molecule has 1 aromatic heterocycles. The molecule has 0 fully saturated rings. The van der Waals surface area contributed by atoms with Crippen LogP contribution in [0, 0.1) is 0 Å². The number of ether oxygens (including phenoxy) is 3. The minimum absolute atomic E-state index is 0.348. The summed E-state index contributed by atoms with van der Waals surface area (Å²) >= 11 is 0. The zero-order chi connectivity index (χ0) is 20.1. The lowest BCUT2D eigenvalue weighted by Gasteiger charge is -2.08. The van der Waals surface area contributed by atoms with Crippen molar-refractivity contribution in [3.63, 3.8) is 0 Å². The van der Waals surface area contributed by atoms with Gasteiger partial charge in [-0.25, -0.2) is 4.98 Å². The lowest BCUT2D eigenvalue weighted by Crippen LogP contribution is -2.03. The second kappa shape index (κ2) is 8.35. The highest BCUT2D eigenvalue weighted by atomic mass is 16.6. The minimum atomic E-state index is -0.423. The third kappa shape index (κ3) is 4.54. The number of carbonyl (C=O) groups is 2. The highest BCUT2D eigenvalue weighted by Crippen LogP contribution is 2.29. The molecule has 28 heavy (non-hydrogen) atoms. The summed E-state index contributed by atoms with van der Waals surface area (Å²) in [5.74, 6) is 0.421. The first-order chi connectivity index (χ1) is 13.5. The van der Waals surface area contributed by atoms with Gasteiger partial charge in [0.15, 0.2) is 17.2 Å². The topological polar surface area (TPSA) is 74.7 Å². The molecule has 0 atom stereocenters. The zero-order valence-electron chi connectivity index (χ0n) is 15.8. The van der Waals surface area contributed by atoms with Crippen LogP contribution in [0.25, 0.3) is 23.1 Å². The number of fused-ring (bicyclic) bond motifs is 1. The van der Waals surface area contributed by atoms with Crippen LogP contribution < -0.4 is 14.2 Å². The van der Waals surface area contributed by atoms with Crippen LogP contribution in [0.15, 0.2) is 48.5 Å². The number of methoxy groups -OCH3 is 1. The van der Waals surface area contributed by atoms with E-state index in [9.17, 15) is 9.59 Å². The standard InChI is InChI=1S/C22H19NO5/c1-14(24)27-20-6-4-5-17-9-11-18(23-22(17)20)10-7-16-8-12-19(26-3)21(13-16)28-15(2)25/h4-13H,1-3H3. The van der Waals surface area contributed by atoms with Crippen LogP contribution in [-0.4, -0.2) is 24.0 Å². The van der Waals surface area contributed by atoms with Crippen molar-refractivity contribution in [3.8, 4) is 17.2 Å². The predicted molar refractivity (Wildman–Crippen MR) is 106 cm³/mol. The fourth-order valence-electron chi connectivity index (χ4n) is 2.68. The van der Waals surface area contributed by atoms with Crippen molar-refractivity contribution in [3.05, 3.63) is 59.8 Å². The number of pyridine rings is 1. The van der Waals surface area contributed by atoms with E-state index in [4.69, 9.17) is 14.2 Å². The predicted octanol–water partition coefficient (Wildman–Crippen LogP) is 4.26. The van der Waals surface area contributed by atoms with E-state index in [1.165, 1.54) is 21.0 Å². The Hall–Kier alpha value is -3.67. The first-order valence-corrected chi connectivity index (χ1v) is 8.59. The highest BCUT2D eigenvalue weighted by molar-refractivity contribution is 5.88. The van der Waals surface area contributed by atoms with Gasteiger partial charge in [-0.3, -0.25) is 9.59 Å². The molecule has 0 aliphatic heterocycles. The van der Waals surface area contributed by atoms with Gasteiger partial charge in [0.05, 0.1) is 12.8 Å². The van der Waals surface area contributed by atoms with E-state index in [0.717, 1.165) is 10.9 Å². The largest absolute Gasteiger partial charge is 0.493 e. The molecule has 0 amide bonds. The van der Waals surface area contributed by atoms with Gasteiger partial charge in [-0.1, -0.05) is 30.3 Å². The molecule has 0 aliphatic rings. The van der Waals surface area contributed by atoms with Crippen molar-refractivity contribution in [2.24, 2.45) is 0 Å². The van der Waals surface area contributed by atoms with E-state index in [0.29, 0.717) is 28.5 Å². The Labute approximate surface area is 162 Å². The van der Waals surface area contributed by atoms with Crippen molar-refractivity contribution in [1.29, 1.82) is 0 Å². The highest BCUT2D eigenvalue weighted by Gasteiger charge is 2.08. The Bertz CT molecular complexity index is 1070. The second-order valence-electron chi connectivity index (χ2n) is 5.99. The molecule has 0 N–H and O–H groups in total. The van der Waals surface area contributed by atoms with Crippen LogP contribution in [0.5, 0.6) is 17.2 Å². The Morgan fingerprint density at radius 3 is 2.32 bits per heavy atom. The normalized spacial score (nSPS) is 10.8. The summed E-state index contributed by atoms with van der Waals surface area (Å²) in [5, 5.41) is 0.873. The first kappa shape index (κ1) is 19.1. The number of para-hydroxylation sites is 1. The Morgan fingerprint density at radius 2 is 1.61 bits per heavy atom. The van der Waals surface area contributed by atoms with Crippen LogP contribution in [0.1, 0.15) is 25.1 Å². The minimum Gasteiger partial charge on any atom is -0.493 e. The van der Waals surface area contributed by atoms with Gasteiger partial charge in [-0.2, -0.15) is 0 Å². The molecular weight excluding hydrogens is 358 g/mol. The number of benzene rings is 2. The van der Waals surface area contributed by atoms with E-state index in [2.05, 4.69) is 4.98 Å². The summed E-state index contributed by atoms with van der Waals surface area (Å²) in [5.41, 5.74) is 2.11. The Balaban J connectivity index is 1.92. The fourth-order valence-corrected chi connectivity index (χ4v) is 2.68. The Morgan fingerprint density at radius 1 is 0.857 bits per heavy atom. The molecule has 2 aromatic carbocycles. The summed E-state index contributed by atoms with van der Waals surface area (Å²) in [6.45, 7) is 2.69. The van der Waals surface area contributed by atoms with Gasteiger partial charge in [-0.15, -0.1) is 0 Å². The molecule has 0 unspecified atom stereocenters. The number of esters is 2. The summed E-state index contributed by atoms with van der Waals surface area (Å²) < 4.78 is 15.6. The van der Waals surface area contributed by atoms with Crippen molar-refractivity contribution in [1.82, 2.24) is 4.98 Å². The quantitative estimate of drug-likeness (QED) is 0.488. The van der Waals surface area contributed by atoms with Gasteiger partial charge in [0.1, 0.15) is 5.52 Å². The maximum absolute atomic E-state index is 11.3. The molecule has 6 heteroatoms. The molecular formula is C22H19NO5. The third-order valence-electron chi connectivity index (χ3n) is 3.85. The average molecular weight is 377 g/mol. The Kier molecular flexibility index (Phi) is 5.69. The fraction of sp³-hybridized carbons (Fsp3) is 0.136. The molecule has 0 spiro atoms. The van der Waals surface area contributed by atoms with Gasteiger partial charge in [0.2, 0.25) is 0 Å². The summed E-state index contributed by atoms with van der Waals surface area (Å²) in [6, 6.07) is 14.5. The molecule has 0 saturated heterocycles. The van der Waals surface area contributed by atoms with Gasteiger partial charge < -0.3 is 14.2 Å². The van der Waals surface area contributed by atoms with E-state index in [-0.39, 0.29) is 0 Å². The number of nitrogens with zero attached hydrogens (tertiary/aromatic N) is 1. The SMILES string of the molecule is COc1ccc(C=Cc2ccc3cccc(OC(C)=O)c3n2)cc1OC(C)=O. The van der Waals surface area contributed by atoms with Crippen molar-refractivity contribution in [2.75, 3.05) is 7.11 Å². The molecule has 142 valence electrons. The smallest absolute Gasteiger partial charge is 0.308 e. The number of rotatable bonds is 5. The van der Waals surface area contributed by atoms with Gasteiger partial charge in [-0.05, 0) is 35.9 Å². The van der Waals surface area contributed by atoms with E-state index < -0.39 is 11.9 Å². The van der Waals surface area contributed by atoms with Gasteiger partial charge in [0.25, 0.3) is 0 Å². The average Bonchev–Trinajstić information content (AvgIpc) is 2.66. The van der Waals surface area contributed by atoms with E-state index in [1.807, 2.05) is 42.5 Å². The number of carbonyl (C=O) groups excluding carboxylic acids is 2. The monoisotopic (exact) mass is 377 g/mol. The molecule has 1 heterocycles. The van der Waals surface area contributed by atoms with Crippen LogP contribution in [0.3, 0.4) is 0 Å². The van der Waals surface area contributed by atoms with E-state index in [1.54, 1.807) is 18.2 Å². The number of hydrogen-bond acceptors (Lipinski definition) is 6. The molecule has 0 bridgehead atoms. The second-order valence-corrected chi connectivity index (χ2v) is 5.99. The van der Waals surface area contributed by atoms with Crippen LogP contribution >= 0.6 is 0 Å². The third-order valence-corrected chi connectivity index (χ3v) is 3.85. The lowest BCUT2D eigenvalue weighted by molar-refractivity contribution is -0.132. The summed E-state index contributed by atoms with van der Waals surface area (Å²) in [6.07, 6.45) is 3.67. The summed E-state index contributed by atoms with van der Waals surface area (Å²) in [4.78, 5) is 27.1. The zero-order valence-corrected chi connectivity index (χ0v) is 15.8. The molecule has 0 radical (unpaired) electrons. The maximum Gasteiger partial charge on any atom is 0.308 e. The van der Waals surface area contributed by atoms with E-state index >= 15 is 0 Å². The molecule has 0 aliphatic carbocycles. The van der Waals surface area contributed by atoms with Crippen molar-refractivity contribution < 1.29 is 23.8 Å². The maximum atomic E-state index is 11.3. The van der Waals surface area contributed by atoms with Gasteiger partial charge >= 0.3 is 11.9 Å². The van der Waals surface area contributed by atoms with Crippen molar-refractivity contribution in [2.45, 2.75) is 13.8 Å². The molecule has 0 saturated carbocycles. The van der Waals surface area contributed by atoms with Crippen molar-refractivity contribution >= 4 is 35.0 Å². The van der Waals surface area contributed by atoms with Crippen LogP contribution in [0.4, 0.5) is 0 Å². The summed E-state index contributed by atoms with van der Waals surface area (Å²) in [7, 11) is 1.51. The molecule has 6 nitrogen and oxygen atoms in total. The van der Waals surface area contributed by atoms with Crippen LogP contribution in [0.2, 0.25) is 0 Å². The van der Waals surface area contributed by atoms with Crippen LogP contribution in [-0.2, 0) is 9.59 Å².